The number of hydrogen-bond donors (Lipinski definition) is 2. The number of carbonyl (C=O) groups excluding carboxylic acids is 2. The van der Waals surface area contributed by atoms with E-state index in [4.69, 9.17) is 0 Å². The summed E-state index contributed by atoms with van der Waals surface area (Å²) in [5.41, 5.74) is 6.29. The molecule has 0 fully saturated rings. The van der Waals surface area contributed by atoms with Crippen molar-refractivity contribution in [1.82, 2.24) is 5.43 Å². The van der Waals surface area contributed by atoms with E-state index in [0.717, 1.165) is 5.56 Å². The average molecular weight is 371 g/mol. The van der Waals surface area contributed by atoms with Crippen LogP contribution in [0.1, 0.15) is 29.9 Å². The lowest BCUT2D eigenvalue weighted by atomic mass is 9.87. The molecular weight excluding hydrogens is 350 g/mol. The van der Waals surface area contributed by atoms with Gasteiger partial charge in [-0.2, -0.15) is 0 Å². The summed E-state index contributed by atoms with van der Waals surface area (Å²) < 4.78 is 0. The molecule has 0 radical (unpaired) electrons. The van der Waals surface area contributed by atoms with Crippen molar-refractivity contribution < 1.29 is 9.59 Å². The molecule has 3 aromatic carbocycles. The summed E-state index contributed by atoms with van der Waals surface area (Å²) in [5.74, 6) is -0.0283. The predicted octanol–water partition coefficient (Wildman–Crippen LogP) is 4.68. The quantitative estimate of drug-likeness (QED) is 0.702. The standard InChI is InChI=1S/C23H21N3O2/c27-22-16-15-19(17-9-3-1-4-10-17)20-13-7-8-14-21(20)26(22)25-23(28)24-18-11-5-2-6-12-18/h1-14,19H,15-16H2,(H2,24,25,28). The number of hydrazine groups is 1. The molecule has 28 heavy (non-hydrogen) atoms. The number of para-hydroxylation sites is 2. The van der Waals surface area contributed by atoms with Gasteiger partial charge in [0.05, 0.1) is 5.69 Å². The van der Waals surface area contributed by atoms with Crippen molar-refractivity contribution in [3.63, 3.8) is 0 Å². The maximum absolute atomic E-state index is 12.8. The highest BCUT2D eigenvalue weighted by atomic mass is 16.2. The van der Waals surface area contributed by atoms with Crippen LogP contribution >= 0.6 is 0 Å². The molecule has 0 aromatic heterocycles. The first-order chi connectivity index (χ1) is 13.7. The van der Waals surface area contributed by atoms with Crippen LogP contribution in [-0.2, 0) is 4.79 Å². The SMILES string of the molecule is O=C(Nc1ccccc1)NN1C(=O)CCC(c2ccccc2)c2ccccc21. The van der Waals surface area contributed by atoms with Crippen LogP contribution in [0.15, 0.2) is 84.9 Å². The van der Waals surface area contributed by atoms with Crippen LogP contribution in [0.3, 0.4) is 0 Å². The number of fused-ring (bicyclic) bond motifs is 1. The molecule has 1 aliphatic rings. The smallest absolute Gasteiger partial charge is 0.307 e. The second-order valence-corrected chi connectivity index (χ2v) is 6.72. The highest BCUT2D eigenvalue weighted by molar-refractivity contribution is 6.00. The normalized spacial score (nSPS) is 16.1. The van der Waals surface area contributed by atoms with Crippen LogP contribution in [0.4, 0.5) is 16.2 Å². The van der Waals surface area contributed by atoms with Crippen molar-refractivity contribution in [2.24, 2.45) is 0 Å². The third-order valence-corrected chi connectivity index (χ3v) is 4.90. The molecular formula is C23H21N3O2. The van der Waals surface area contributed by atoms with Crippen molar-refractivity contribution >= 4 is 23.3 Å². The van der Waals surface area contributed by atoms with Gasteiger partial charge in [0.25, 0.3) is 0 Å². The first-order valence-electron chi connectivity index (χ1n) is 9.32. The van der Waals surface area contributed by atoms with Gasteiger partial charge < -0.3 is 5.32 Å². The zero-order valence-electron chi connectivity index (χ0n) is 15.3. The Morgan fingerprint density at radius 2 is 1.50 bits per heavy atom. The predicted molar refractivity (Wildman–Crippen MR) is 110 cm³/mol. The summed E-state index contributed by atoms with van der Waals surface area (Å²) in [5, 5.41) is 4.13. The summed E-state index contributed by atoms with van der Waals surface area (Å²) in [4.78, 5) is 25.3. The van der Waals surface area contributed by atoms with E-state index < -0.39 is 6.03 Å². The van der Waals surface area contributed by atoms with E-state index in [9.17, 15) is 9.59 Å². The fourth-order valence-corrected chi connectivity index (χ4v) is 3.59. The molecule has 5 heteroatoms. The Kier molecular flexibility index (Phi) is 5.06. The van der Waals surface area contributed by atoms with Gasteiger partial charge in [-0.3, -0.25) is 4.79 Å². The Labute approximate surface area is 164 Å². The molecule has 1 heterocycles. The van der Waals surface area contributed by atoms with Crippen LogP contribution in [0.25, 0.3) is 0 Å². The van der Waals surface area contributed by atoms with E-state index in [2.05, 4.69) is 22.9 Å². The number of nitrogens with zero attached hydrogens (tertiary/aromatic N) is 1. The van der Waals surface area contributed by atoms with Crippen LogP contribution < -0.4 is 15.8 Å². The molecule has 3 amide bonds. The molecule has 3 aromatic rings. The van der Waals surface area contributed by atoms with Crippen molar-refractivity contribution in [3.05, 3.63) is 96.1 Å². The number of nitrogens with one attached hydrogen (secondary N) is 2. The number of amides is 3. The van der Waals surface area contributed by atoms with Crippen molar-refractivity contribution in [2.45, 2.75) is 18.8 Å². The Hall–Kier alpha value is -3.60. The largest absolute Gasteiger partial charge is 0.338 e. The molecule has 1 unspecified atom stereocenters. The number of benzene rings is 3. The molecule has 0 saturated carbocycles. The van der Waals surface area contributed by atoms with Gasteiger partial charge in [-0.05, 0) is 35.7 Å². The summed E-state index contributed by atoms with van der Waals surface area (Å²) >= 11 is 0. The van der Waals surface area contributed by atoms with Gasteiger partial charge in [0.15, 0.2) is 0 Å². The maximum atomic E-state index is 12.8. The van der Waals surface area contributed by atoms with Gasteiger partial charge in [0, 0.05) is 18.0 Å². The average Bonchev–Trinajstić information content (AvgIpc) is 2.87. The second-order valence-electron chi connectivity index (χ2n) is 6.72. The molecule has 1 atom stereocenters. The molecule has 2 N–H and O–H groups in total. The topological polar surface area (TPSA) is 61.4 Å². The van der Waals surface area contributed by atoms with E-state index in [1.807, 2.05) is 60.7 Å². The third-order valence-electron chi connectivity index (χ3n) is 4.90. The van der Waals surface area contributed by atoms with Crippen molar-refractivity contribution in [2.75, 3.05) is 10.3 Å². The zero-order chi connectivity index (χ0) is 19.3. The van der Waals surface area contributed by atoms with E-state index in [0.29, 0.717) is 24.2 Å². The molecule has 5 nitrogen and oxygen atoms in total. The monoisotopic (exact) mass is 371 g/mol. The van der Waals surface area contributed by atoms with Gasteiger partial charge in [-0.25, -0.2) is 15.2 Å². The van der Waals surface area contributed by atoms with Gasteiger partial charge in [-0.15, -0.1) is 0 Å². The van der Waals surface area contributed by atoms with E-state index in [-0.39, 0.29) is 11.8 Å². The molecule has 0 saturated heterocycles. The number of hydrogen-bond acceptors (Lipinski definition) is 2. The molecule has 0 aliphatic carbocycles. The Morgan fingerprint density at radius 3 is 2.25 bits per heavy atom. The molecule has 0 spiro atoms. The van der Waals surface area contributed by atoms with E-state index >= 15 is 0 Å². The zero-order valence-corrected chi connectivity index (χ0v) is 15.3. The van der Waals surface area contributed by atoms with Gasteiger partial charge in [0.1, 0.15) is 0 Å². The third kappa shape index (κ3) is 3.74. The Bertz CT molecular complexity index is 973. The lowest BCUT2D eigenvalue weighted by molar-refractivity contribution is -0.119. The Morgan fingerprint density at radius 1 is 0.857 bits per heavy atom. The van der Waals surface area contributed by atoms with Crippen LogP contribution in [0.5, 0.6) is 0 Å². The van der Waals surface area contributed by atoms with E-state index in [1.54, 1.807) is 12.1 Å². The number of rotatable bonds is 3. The molecule has 140 valence electrons. The minimum Gasteiger partial charge on any atom is -0.307 e. The lowest BCUT2D eigenvalue weighted by Gasteiger charge is -2.24. The molecule has 0 bridgehead atoms. The highest BCUT2D eigenvalue weighted by Crippen LogP contribution is 2.38. The maximum Gasteiger partial charge on any atom is 0.338 e. The van der Waals surface area contributed by atoms with Crippen LogP contribution in [0.2, 0.25) is 0 Å². The number of anilines is 2. The van der Waals surface area contributed by atoms with Gasteiger partial charge >= 0.3 is 6.03 Å². The first kappa shape index (κ1) is 17.8. The first-order valence-corrected chi connectivity index (χ1v) is 9.32. The minimum atomic E-state index is -0.451. The number of urea groups is 1. The Balaban J connectivity index is 1.63. The van der Waals surface area contributed by atoms with E-state index in [1.165, 1.54) is 10.6 Å². The minimum absolute atomic E-state index is 0.102. The second kappa shape index (κ2) is 7.96. The lowest BCUT2D eigenvalue weighted by Crippen LogP contribution is -2.48. The molecule has 1 aliphatic heterocycles. The summed E-state index contributed by atoms with van der Waals surface area (Å²) in [6.07, 6.45) is 1.04. The summed E-state index contributed by atoms with van der Waals surface area (Å²) in [6.45, 7) is 0. The van der Waals surface area contributed by atoms with Crippen LogP contribution in [0, 0.1) is 0 Å². The fourth-order valence-electron chi connectivity index (χ4n) is 3.59. The van der Waals surface area contributed by atoms with Crippen molar-refractivity contribution in [1.29, 1.82) is 0 Å². The highest BCUT2D eigenvalue weighted by Gasteiger charge is 2.29. The van der Waals surface area contributed by atoms with Gasteiger partial charge in [-0.1, -0.05) is 66.7 Å². The summed E-state index contributed by atoms with van der Waals surface area (Å²) in [7, 11) is 0. The molecule has 4 rings (SSSR count). The van der Waals surface area contributed by atoms with Crippen LogP contribution in [-0.4, -0.2) is 11.9 Å². The fraction of sp³-hybridized carbons (Fsp3) is 0.130. The van der Waals surface area contributed by atoms with Gasteiger partial charge in [0.2, 0.25) is 5.91 Å². The number of carbonyl (C=O) groups is 2. The summed E-state index contributed by atoms with van der Waals surface area (Å²) in [6, 6.07) is 26.6. The van der Waals surface area contributed by atoms with Crippen molar-refractivity contribution in [3.8, 4) is 0 Å².